The molecule has 6 heteroatoms. The minimum absolute atomic E-state index is 0.609. The van der Waals surface area contributed by atoms with Gasteiger partial charge in [0.1, 0.15) is 0 Å². The number of nitrogens with zero attached hydrogens (tertiary/aromatic N) is 3. The number of hydrogen-bond donors (Lipinski definition) is 0. The van der Waals surface area contributed by atoms with Gasteiger partial charge >= 0.3 is 0 Å². The summed E-state index contributed by atoms with van der Waals surface area (Å²) in [4.78, 5) is 0. The van der Waals surface area contributed by atoms with Gasteiger partial charge in [0.25, 0.3) is 0 Å². The largest absolute Gasteiger partial charge is 0.383 e. The molecule has 3 aromatic rings. The molecule has 124 valence electrons. The van der Waals surface area contributed by atoms with Crippen LogP contribution in [-0.2, 0) is 17.0 Å². The Morgan fingerprint density at radius 1 is 1.04 bits per heavy atom. The van der Waals surface area contributed by atoms with Gasteiger partial charge in [-0.25, -0.2) is 0 Å². The third kappa shape index (κ3) is 3.98. The van der Waals surface area contributed by atoms with Crippen molar-refractivity contribution in [3.8, 4) is 11.4 Å². The van der Waals surface area contributed by atoms with E-state index >= 15 is 0 Å². The number of halogens is 1. The molecule has 1 aromatic heterocycles. The van der Waals surface area contributed by atoms with Crippen molar-refractivity contribution in [1.29, 1.82) is 0 Å². The Morgan fingerprint density at radius 3 is 2.54 bits per heavy atom. The minimum Gasteiger partial charge on any atom is -0.383 e. The standard InChI is InChI=1S/C18H18ClN3OS/c1-23-12-11-22-17(14-7-3-2-4-8-14)20-21-18(22)24-13-15-9-5-6-10-16(15)19/h2-10H,11-13H2,1H3. The van der Waals surface area contributed by atoms with Gasteiger partial charge in [-0.1, -0.05) is 71.9 Å². The molecule has 0 aliphatic carbocycles. The molecule has 0 atom stereocenters. The number of hydrogen-bond acceptors (Lipinski definition) is 4. The fourth-order valence-corrected chi connectivity index (χ4v) is 3.59. The molecule has 0 bridgehead atoms. The average Bonchev–Trinajstić information content (AvgIpc) is 3.03. The Hall–Kier alpha value is -1.82. The van der Waals surface area contributed by atoms with Gasteiger partial charge in [0.05, 0.1) is 13.2 Å². The summed E-state index contributed by atoms with van der Waals surface area (Å²) >= 11 is 7.87. The van der Waals surface area contributed by atoms with Gasteiger partial charge in [0, 0.05) is 23.4 Å². The van der Waals surface area contributed by atoms with Crippen molar-refractivity contribution in [2.24, 2.45) is 0 Å². The molecule has 1 heterocycles. The number of thioether (sulfide) groups is 1. The summed E-state index contributed by atoms with van der Waals surface area (Å²) in [6.45, 7) is 1.32. The van der Waals surface area contributed by atoms with Gasteiger partial charge in [-0.05, 0) is 11.6 Å². The first-order valence-corrected chi connectivity index (χ1v) is 8.99. The second-order valence-electron chi connectivity index (χ2n) is 5.20. The molecule has 0 spiro atoms. The first kappa shape index (κ1) is 17.0. The van der Waals surface area contributed by atoms with E-state index in [1.54, 1.807) is 18.9 Å². The van der Waals surface area contributed by atoms with Crippen LogP contribution in [0.3, 0.4) is 0 Å². The topological polar surface area (TPSA) is 39.9 Å². The lowest BCUT2D eigenvalue weighted by molar-refractivity contribution is 0.185. The van der Waals surface area contributed by atoms with E-state index < -0.39 is 0 Å². The molecular formula is C18H18ClN3OS. The van der Waals surface area contributed by atoms with Crippen molar-refractivity contribution in [1.82, 2.24) is 14.8 Å². The fourth-order valence-electron chi connectivity index (χ4n) is 2.34. The highest BCUT2D eigenvalue weighted by atomic mass is 35.5. The van der Waals surface area contributed by atoms with Crippen LogP contribution in [0, 0.1) is 0 Å². The zero-order valence-corrected chi connectivity index (χ0v) is 14.9. The van der Waals surface area contributed by atoms with Gasteiger partial charge in [0.2, 0.25) is 0 Å². The Balaban J connectivity index is 1.85. The number of rotatable bonds is 7. The van der Waals surface area contributed by atoms with E-state index in [-0.39, 0.29) is 0 Å². The highest BCUT2D eigenvalue weighted by Gasteiger charge is 2.14. The molecule has 0 aliphatic rings. The normalized spacial score (nSPS) is 10.9. The summed E-state index contributed by atoms with van der Waals surface area (Å²) in [7, 11) is 1.70. The van der Waals surface area contributed by atoms with Crippen molar-refractivity contribution in [3.63, 3.8) is 0 Å². The molecule has 4 nitrogen and oxygen atoms in total. The lowest BCUT2D eigenvalue weighted by Gasteiger charge is -2.10. The van der Waals surface area contributed by atoms with Crippen molar-refractivity contribution in [2.75, 3.05) is 13.7 Å². The molecule has 0 N–H and O–H groups in total. The van der Waals surface area contributed by atoms with E-state index in [9.17, 15) is 0 Å². The van der Waals surface area contributed by atoms with E-state index in [1.807, 2.05) is 54.6 Å². The van der Waals surface area contributed by atoms with Crippen molar-refractivity contribution in [2.45, 2.75) is 17.5 Å². The summed E-state index contributed by atoms with van der Waals surface area (Å²) in [5.41, 5.74) is 2.14. The predicted octanol–water partition coefficient (Wildman–Crippen LogP) is 4.54. The molecule has 0 saturated heterocycles. The van der Waals surface area contributed by atoms with Crippen LogP contribution in [0.5, 0.6) is 0 Å². The summed E-state index contributed by atoms with van der Waals surface area (Å²) < 4.78 is 7.33. The summed E-state index contributed by atoms with van der Waals surface area (Å²) in [5.74, 6) is 1.61. The summed E-state index contributed by atoms with van der Waals surface area (Å²) in [5, 5.41) is 10.4. The monoisotopic (exact) mass is 359 g/mol. The zero-order chi connectivity index (χ0) is 16.8. The number of benzene rings is 2. The molecule has 0 fully saturated rings. The number of ether oxygens (including phenoxy) is 1. The van der Waals surface area contributed by atoms with Gasteiger partial charge in [-0.3, -0.25) is 4.57 Å². The maximum Gasteiger partial charge on any atom is 0.191 e. The quantitative estimate of drug-likeness (QED) is 0.581. The molecule has 3 rings (SSSR count). The van der Waals surface area contributed by atoms with Crippen LogP contribution in [0.15, 0.2) is 59.8 Å². The minimum atomic E-state index is 0.609. The molecule has 0 amide bonds. The maximum absolute atomic E-state index is 6.24. The SMILES string of the molecule is COCCn1c(SCc2ccccc2Cl)nnc1-c1ccccc1. The first-order chi connectivity index (χ1) is 11.8. The lowest BCUT2D eigenvalue weighted by Crippen LogP contribution is -2.07. The Kier molecular flexibility index (Phi) is 5.91. The van der Waals surface area contributed by atoms with E-state index in [0.29, 0.717) is 13.2 Å². The van der Waals surface area contributed by atoms with Crippen LogP contribution < -0.4 is 0 Å². The molecular weight excluding hydrogens is 342 g/mol. The molecule has 2 aromatic carbocycles. The van der Waals surface area contributed by atoms with Crippen LogP contribution >= 0.6 is 23.4 Å². The molecule has 0 unspecified atom stereocenters. The van der Waals surface area contributed by atoms with Crippen LogP contribution in [0.25, 0.3) is 11.4 Å². The highest BCUT2D eigenvalue weighted by molar-refractivity contribution is 7.98. The number of aromatic nitrogens is 3. The Morgan fingerprint density at radius 2 is 1.79 bits per heavy atom. The van der Waals surface area contributed by atoms with E-state index in [0.717, 1.165) is 32.9 Å². The first-order valence-electron chi connectivity index (χ1n) is 7.63. The molecule has 24 heavy (non-hydrogen) atoms. The van der Waals surface area contributed by atoms with Crippen LogP contribution in [0.1, 0.15) is 5.56 Å². The van der Waals surface area contributed by atoms with Gasteiger partial charge in [0.15, 0.2) is 11.0 Å². The van der Waals surface area contributed by atoms with Crippen LogP contribution in [-0.4, -0.2) is 28.5 Å². The Labute approximate surface area is 150 Å². The Bertz CT molecular complexity index is 792. The van der Waals surface area contributed by atoms with Crippen molar-refractivity contribution >= 4 is 23.4 Å². The van der Waals surface area contributed by atoms with Crippen LogP contribution in [0.4, 0.5) is 0 Å². The lowest BCUT2D eigenvalue weighted by atomic mass is 10.2. The van der Waals surface area contributed by atoms with Gasteiger partial charge in [-0.2, -0.15) is 0 Å². The second-order valence-corrected chi connectivity index (χ2v) is 6.55. The summed E-state index contributed by atoms with van der Waals surface area (Å²) in [6.07, 6.45) is 0. The average molecular weight is 360 g/mol. The van der Waals surface area contributed by atoms with Crippen molar-refractivity contribution < 1.29 is 4.74 Å². The number of methoxy groups -OCH3 is 1. The predicted molar refractivity (Wildman–Crippen MR) is 98.3 cm³/mol. The second kappa shape index (κ2) is 8.33. The summed E-state index contributed by atoms with van der Waals surface area (Å²) in [6, 6.07) is 17.9. The molecule has 0 saturated carbocycles. The highest BCUT2D eigenvalue weighted by Crippen LogP contribution is 2.28. The third-order valence-electron chi connectivity index (χ3n) is 3.58. The zero-order valence-electron chi connectivity index (χ0n) is 13.4. The fraction of sp³-hybridized carbons (Fsp3) is 0.222. The van der Waals surface area contributed by atoms with E-state index in [4.69, 9.17) is 16.3 Å². The van der Waals surface area contributed by atoms with E-state index in [2.05, 4.69) is 14.8 Å². The molecule has 0 aliphatic heterocycles. The molecule has 0 radical (unpaired) electrons. The van der Waals surface area contributed by atoms with Crippen molar-refractivity contribution in [3.05, 3.63) is 65.2 Å². The van der Waals surface area contributed by atoms with E-state index in [1.165, 1.54) is 0 Å². The van der Waals surface area contributed by atoms with Crippen LogP contribution in [0.2, 0.25) is 5.02 Å². The smallest absolute Gasteiger partial charge is 0.191 e. The van der Waals surface area contributed by atoms with Gasteiger partial charge in [-0.15, -0.1) is 10.2 Å². The van der Waals surface area contributed by atoms with Gasteiger partial charge < -0.3 is 4.74 Å². The maximum atomic E-state index is 6.24. The third-order valence-corrected chi connectivity index (χ3v) is 4.97.